The van der Waals surface area contributed by atoms with Crippen LogP contribution in [-0.2, 0) is 27.5 Å². The Bertz CT molecular complexity index is 1250. The number of hydrogen-bond donors (Lipinski definition) is 2. The van der Waals surface area contributed by atoms with Crippen LogP contribution in [0.15, 0.2) is 78.0 Å². The van der Waals surface area contributed by atoms with Gasteiger partial charge in [-0.1, -0.05) is 18.2 Å². The van der Waals surface area contributed by atoms with Gasteiger partial charge in [-0.15, -0.1) is 0 Å². The number of amides is 1. The molecule has 10 heteroatoms. The predicted molar refractivity (Wildman–Crippen MR) is 116 cm³/mol. The molecule has 2 unspecified atom stereocenters. The molecule has 0 bridgehead atoms. The van der Waals surface area contributed by atoms with Crippen molar-refractivity contribution in [2.75, 3.05) is 5.32 Å². The molecule has 4 rings (SSSR count). The normalized spacial score (nSPS) is 18.0. The van der Waals surface area contributed by atoms with Crippen molar-refractivity contribution in [1.29, 1.82) is 0 Å². The first-order valence-corrected chi connectivity index (χ1v) is 11.6. The van der Waals surface area contributed by atoms with Crippen molar-refractivity contribution in [1.82, 2.24) is 9.71 Å². The van der Waals surface area contributed by atoms with Gasteiger partial charge in [0.05, 0.1) is 10.5 Å². The molecule has 1 heterocycles. The molecule has 1 aromatic heterocycles. The van der Waals surface area contributed by atoms with Gasteiger partial charge in [0.1, 0.15) is 0 Å². The summed E-state index contributed by atoms with van der Waals surface area (Å²) < 4.78 is 65.8. The molecule has 1 amide bonds. The lowest BCUT2D eigenvalue weighted by Gasteiger charge is -2.11. The summed E-state index contributed by atoms with van der Waals surface area (Å²) in [5.74, 6) is -0.146. The molecule has 2 aromatic carbocycles. The van der Waals surface area contributed by atoms with Crippen LogP contribution in [0.1, 0.15) is 29.0 Å². The molecule has 6 nitrogen and oxygen atoms in total. The van der Waals surface area contributed by atoms with Gasteiger partial charge in [0.25, 0.3) is 0 Å². The van der Waals surface area contributed by atoms with Crippen molar-refractivity contribution in [3.63, 3.8) is 0 Å². The number of carbonyl (C=O) groups excluding carboxylic acids is 1. The number of hydrogen-bond acceptors (Lipinski definition) is 4. The van der Waals surface area contributed by atoms with E-state index in [-0.39, 0.29) is 34.7 Å². The Labute approximate surface area is 188 Å². The van der Waals surface area contributed by atoms with E-state index in [4.69, 9.17) is 0 Å². The van der Waals surface area contributed by atoms with Gasteiger partial charge in [-0.3, -0.25) is 9.78 Å². The zero-order chi connectivity index (χ0) is 23.6. The van der Waals surface area contributed by atoms with E-state index < -0.39 is 21.8 Å². The lowest BCUT2D eigenvalue weighted by Crippen LogP contribution is -2.23. The standard InChI is InChI=1S/C23H20F3N3O3S/c24-23(25,26)17-3-1-2-15(12-17)14-28-33(31,32)19-6-4-18(5-7-19)29-22(30)21-13-20(21)16-8-10-27-11-9-16/h1-12,20-21,28H,13-14H2,(H,29,30). The maximum atomic E-state index is 12.8. The Morgan fingerprint density at radius 1 is 1.03 bits per heavy atom. The van der Waals surface area contributed by atoms with Crippen molar-refractivity contribution in [2.45, 2.75) is 30.0 Å². The second-order valence-corrected chi connectivity index (χ2v) is 9.53. The summed E-state index contributed by atoms with van der Waals surface area (Å²) in [4.78, 5) is 16.4. The first kappa shape index (κ1) is 22.9. The van der Waals surface area contributed by atoms with Crippen molar-refractivity contribution in [3.8, 4) is 0 Å². The molecular weight excluding hydrogens is 455 g/mol. The summed E-state index contributed by atoms with van der Waals surface area (Å²) >= 11 is 0. The lowest BCUT2D eigenvalue weighted by atomic mass is 10.1. The van der Waals surface area contributed by atoms with Gasteiger partial charge in [0, 0.05) is 30.5 Å². The SMILES string of the molecule is O=C(Nc1ccc(S(=O)(=O)NCc2cccc(C(F)(F)F)c2)cc1)C1CC1c1ccncc1. The van der Waals surface area contributed by atoms with E-state index in [1.54, 1.807) is 12.4 Å². The monoisotopic (exact) mass is 475 g/mol. The van der Waals surface area contributed by atoms with Gasteiger partial charge in [0.2, 0.25) is 15.9 Å². The quantitative estimate of drug-likeness (QED) is 0.533. The highest BCUT2D eigenvalue weighted by Gasteiger charge is 2.43. The van der Waals surface area contributed by atoms with E-state index in [0.29, 0.717) is 5.69 Å². The number of rotatable bonds is 7. The molecule has 0 radical (unpaired) electrons. The fourth-order valence-electron chi connectivity index (χ4n) is 3.54. The highest BCUT2D eigenvalue weighted by Crippen LogP contribution is 2.47. The van der Waals surface area contributed by atoms with E-state index in [0.717, 1.165) is 24.1 Å². The highest BCUT2D eigenvalue weighted by atomic mass is 32.2. The van der Waals surface area contributed by atoms with Gasteiger partial charge in [-0.05, 0) is 65.9 Å². The molecule has 1 saturated carbocycles. The van der Waals surface area contributed by atoms with E-state index in [1.807, 2.05) is 12.1 Å². The van der Waals surface area contributed by atoms with Crippen molar-refractivity contribution < 1.29 is 26.4 Å². The summed E-state index contributed by atoms with van der Waals surface area (Å²) in [6, 6.07) is 13.8. The van der Waals surface area contributed by atoms with Gasteiger partial charge < -0.3 is 5.32 Å². The average molecular weight is 475 g/mol. The molecule has 1 aliphatic rings. The molecule has 1 fully saturated rings. The molecule has 2 N–H and O–H groups in total. The zero-order valence-electron chi connectivity index (χ0n) is 17.2. The zero-order valence-corrected chi connectivity index (χ0v) is 18.0. The number of halogens is 3. The van der Waals surface area contributed by atoms with E-state index >= 15 is 0 Å². The maximum Gasteiger partial charge on any atom is 0.416 e. The van der Waals surface area contributed by atoms with Crippen molar-refractivity contribution in [2.24, 2.45) is 5.92 Å². The van der Waals surface area contributed by atoms with Crippen LogP contribution in [-0.4, -0.2) is 19.3 Å². The molecule has 33 heavy (non-hydrogen) atoms. The first-order valence-electron chi connectivity index (χ1n) is 10.1. The Morgan fingerprint density at radius 2 is 1.73 bits per heavy atom. The molecule has 3 aromatic rings. The maximum absolute atomic E-state index is 12.8. The topological polar surface area (TPSA) is 88.2 Å². The molecule has 1 aliphatic carbocycles. The highest BCUT2D eigenvalue weighted by molar-refractivity contribution is 7.89. The van der Waals surface area contributed by atoms with Crippen molar-refractivity contribution in [3.05, 3.63) is 89.7 Å². The molecule has 2 atom stereocenters. The molecule has 0 spiro atoms. The second-order valence-electron chi connectivity index (χ2n) is 7.77. The number of carbonyl (C=O) groups is 1. The minimum atomic E-state index is -4.51. The van der Waals surface area contributed by atoms with Crippen molar-refractivity contribution >= 4 is 21.6 Å². The molecule has 0 aliphatic heterocycles. The third-order valence-electron chi connectivity index (χ3n) is 5.41. The number of sulfonamides is 1. The summed E-state index contributed by atoms with van der Waals surface area (Å²) in [6.45, 7) is -0.289. The van der Waals surface area contributed by atoms with Crippen LogP contribution in [0.5, 0.6) is 0 Å². The largest absolute Gasteiger partial charge is 0.416 e. The van der Waals surface area contributed by atoms with E-state index in [2.05, 4.69) is 15.0 Å². The van der Waals surface area contributed by atoms with Crippen LogP contribution < -0.4 is 10.0 Å². The Balaban J connectivity index is 1.35. The number of nitrogens with zero attached hydrogens (tertiary/aromatic N) is 1. The van der Waals surface area contributed by atoms with Gasteiger partial charge >= 0.3 is 6.18 Å². The van der Waals surface area contributed by atoms with Crippen LogP contribution in [0.2, 0.25) is 0 Å². The van der Waals surface area contributed by atoms with E-state index in [9.17, 15) is 26.4 Å². The van der Waals surface area contributed by atoms with Gasteiger partial charge in [-0.2, -0.15) is 13.2 Å². The van der Waals surface area contributed by atoms with Gasteiger partial charge in [-0.25, -0.2) is 13.1 Å². The van der Waals surface area contributed by atoms with Crippen LogP contribution in [0.4, 0.5) is 18.9 Å². The Hall–Kier alpha value is -3.24. The number of benzene rings is 2. The fraction of sp³-hybridized carbons (Fsp3) is 0.217. The fourth-order valence-corrected chi connectivity index (χ4v) is 4.55. The van der Waals surface area contributed by atoms with Crippen LogP contribution >= 0.6 is 0 Å². The minimum Gasteiger partial charge on any atom is -0.326 e. The molecular formula is C23H20F3N3O3S. The number of pyridine rings is 1. The van der Waals surface area contributed by atoms with E-state index in [1.165, 1.54) is 36.4 Å². The summed E-state index contributed by atoms with van der Waals surface area (Å²) in [7, 11) is -3.95. The predicted octanol–water partition coefficient (Wildman–Crippen LogP) is 4.32. The second kappa shape index (κ2) is 8.95. The summed E-state index contributed by atoms with van der Waals surface area (Å²) in [5.41, 5.74) is 0.849. The van der Waals surface area contributed by atoms with Gasteiger partial charge in [0.15, 0.2) is 0 Å². The average Bonchev–Trinajstić information content (AvgIpc) is 3.60. The number of alkyl halides is 3. The first-order chi connectivity index (χ1) is 15.6. The smallest absolute Gasteiger partial charge is 0.326 e. The number of anilines is 1. The minimum absolute atomic E-state index is 0.0615. The Kier molecular flexibility index (Phi) is 6.22. The van der Waals surface area contributed by atoms with Crippen LogP contribution in [0, 0.1) is 5.92 Å². The Morgan fingerprint density at radius 3 is 2.39 bits per heavy atom. The molecule has 0 saturated heterocycles. The number of nitrogens with one attached hydrogen (secondary N) is 2. The third kappa shape index (κ3) is 5.58. The van der Waals surface area contributed by atoms with Crippen LogP contribution in [0.3, 0.4) is 0 Å². The third-order valence-corrected chi connectivity index (χ3v) is 6.83. The lowest BCUT2D eigenvalue weighted by molar-refractivity contribution is -0.137. The summed E-state index contributed by atoms with van der Waals surface area (Å²) in [5, 5.41) is 2.78. The number of aromatic nitrogens is 1. The summed E-state index contributed by atoms with van der Waals surface area (Å²) in [6.07, 6.45) is -0.401. The van der Waals surface area contributed by atoms with Crippen LogP contribution in [0.25, 0.3) is 0 Å². The molecule has 172 valence electrons.